The normalized spacial score (nSPS) is 12.3. The molecule has 0 saturated heterocycles. The van der Waals surface area contributed by atoms with Crippen LogP contribution in [0.5, 0.6) is 17.2 Å². The number of aryl methyl sites for hydroxylation is 1. The molecule has 242 valence electrons. The molecule has 3 rings (SSSR count). The number of amides is 3. The molecule has 0 aliphatic rings. The summed E-state index contributed by atoms with van der Waals surface area (Å²) in [5, 5.41) is 8.61. The summed E-state index contributed by atoms with van der Waals surface area (Å²) in [6, 6.07) is 20.9. The molecule has 0 aliphatic carbocycles. The minimum Gasteiger partial charge on any atom is -0.497 e. The Morgan fingerprint density at radius 2 is 1.53 bits per heavy atom. The van der Waals surface area contributed by atoms with Gasteiger partial charge in [-0.2, -0.15) is 0 Å². The van der Waals surface area contributed by atoms with Crippen LogP contribution in [-0.4, -0.2) is 56.9 Å². The molecule has 2 atom stereocenters. The van der Waals surface area contributed by atoms with Crippen molar-refractivity contribution >= 4 is 17.9 Å². The third-order valence-electron chi connectivity index (χ3n) is 6.80. The number of ether oxygens (including phenoxy) is 4. The zero-order chi connectivity index (χ0) is 32.8. The van der Waals surface area contributed by atoms with Gasteiger partial charge in [0.05, 0.1) is 20.3 Å². The number of likely N-dealkylation sites (N-methyl/N-ethyl adjacent to an activating group) is 1. The Morgan fingerprint density at radius 1 is 0.844 bits per heavy atom. The number of methoxy groups -OCH3 is 2. The van der Waals surface area contributed by atoms with E-state index in [9.17, 15) is 14.4 Å². The molecular formula is C35H45N3O7. The Hall–Kier alpha value is -4.73. The first-order valence-electron chi connectivity index (χ1n) is 15.1. The summed E-state index contributed by atoms with van der Waals surface area (Å²) in [6.07, 6.45) is 1.12. The molecule has 0 aromatic heterocycles. The van der Waals surface area contributed by atoms with E-state index in [1.807, 2.05) is 55.5 Å². The lowest BCUT2D eigenvalue weighted by molar-refractivity contribution is -0.124. The van der Waals surface area contributed by atoms with Crippen molar-refractivity contribution in [3.63, 3.8) is 0 Å². The highest BCUT2D eigenvalue weighted by atomic mass is 16.6. The third kappa shape index (κ3) is 11.4. The van der Waals surface area contributed by atoms with E-state index in [0.29, 0.717) is 42.2 Å². The summed E-state index contributed by atoms with van der Waals surface area (Å²) >= 11 is 0. The second kappa shape index (κ2) is 16.9. The van der Waals surface area contributed by atoms with E-state index in [4.69, 9.17) is 18.9 Å². The van der Waals surface area contributed by atoms with Gasteiger partial charge in [0.25, 0.3) is 5.91 Å². The Kier molecular flexibility index (Phi) is 13.1. The van der Waals surface area contributed by atoms with Gasteiger partial charge in [-0.25, -0.2) is 4.79 Å². The van der Waals surface area contributed by atoms with Crippen LogP contribution in [0.4, 0.5) is 4.79 Å². The molecule has 0 radical (unpaired) electrons. The fourth-order valence-corrected chi connectivity index (χ4v) is 4.67. The number of rotatable bonds is 15. The maximum absolute atomic E-state index is 14.0. The van der Waals surface area contributed by atoms with Crippen molar-refractivity contribution in [1.82, 2.24) is 16.0 Å². The first kappa shape index (κ1) is 34.8. The van der Waals surface area contributed by atoms with Crippen molar-refractivity contribution in [3.8, 4) is 17.2 Å². The van der Waals surface area contributed by atoms with Gasteiger partial charge in [-0.3, -0.25) is 9.59 Å². The van der Waals surface area contributed by atoms with Crippen molar-refractivity contribution < 1.29 is 33.3 Å². The molecule has 3 aromatic rings. The molecule has 3 N–H and O–H groups in total. The Balaban J connectivity index is 1.89. The molecule has 0 heterocycles. The van der Waals surface area contributed by atoms with Crippen molar-refractivity contribution in [2.45, 2.75) is 64.6 Å². The number of alkyl carbamates (subject to hydrolysis) is 1. The molecule has 0 spiro atoms. The van der Waals surface area contributed by atoms with E-state index in [-0.39, 0.29) is 18.4 Å². The van der Waals surface area contributed by atoms with Crippen molar-refractivity contribution in [2.75, 3.05) is 27.4 Å². The number of benzene rings is 3. The molecule has 10 nitrogen and oxygen atoms in total. The lowest BCUT2D eigenvalue weighted by Gasteiger charge is -2.27. The molecule has 0 bridgehead atoms. The highest BCUT2D eigenvalue weighted by Gasteiger charge is 2.28. The zero-order valence-corrected chi connectivity index (χ0v) is 27.0. The Bertz CT molecular complexity index is 1390. The monoisotopic (exact) mass is 619 g/mol. The van der Waals surface area contributed by atoms with Gasteiger partial charge >= 0.3 is 6.09 Å². The van der Waals surface area contributed by atoms with Gasteiger partial charge in [-0.05, 0) is 82.3 Å². The van der Waals surface area contributed by atoms with Crippen LogP contribution in [0.15, 0.2) is 72.8 Å². The van der Waals surface area contributed by atoms with Gasteiger partial charge in [0.2, 0.25) is 5.91 Å². The second-order valence-electron chi connectivity index (χ2n) is 11.4. The summed E-state index contributed by atoms with van der Waals surface area (Å²) in [4.78, 5) is 38.6. The highest BCUT2D eigenvalue weighted by molar-refractivity contribution is 5.86. The van der Waals surface area contributed by atoms with Crippen LogP contribution in [0, 0.1) is 0 Å². The zero-order valence-electron chi connectivity index (χ0n) is 27.0. The molecule has 10 heteroatoms. The van der Waals surface area contributed by atoms with Crippen LogP contribution < -0.4 is 30.2 Å². The number of nitrogens with one attached hydrogen (secondary N) is 3. The maximum Gasteiger partial charge on any atom is 0.408 e. The summed E-state index contributed by atoms with van der Waals surface area (Å²) in [6.45, 7) is 7.56. The predicted octanol–water partition coefficient (Wildman–Crippen LogP) is 5.34. The van der Waals surface area contributed by atoms with Crippen LogP contribution in [-0.2, 0) is 20.7 Å². The van der Waals surface area contributed by atoms with Crippen LogP contribution >= 0.6 is 0 Å². The first-order valence-corrected chi connectivity index (χ1v) is 15.1. The smallest absolute Gasteiger partial charge is 0.408 e. The van der Waals surface area contributed by atoms with E-state index >= 15 is 0 Å². The average molecular weight is 620 g/mol. The molecular weight excluding hydrogens is 574 g/mol. The van der Waals surface area contributed by atoms with Gasteiger partial charge in [0.15, 0.2) is 6.61 Å². The lowest BCUT2D eigenvalue weighted by Crippen LogP contribution is -2.49. The fraction of sp³-hybridized carbons (Fsp3) is 0.400. The third-order valence-corrected chi connectivity index (χ3v) is 6.80. The van der Waals surface area contributed by atoms with E-state index < -0.39 is 23.8 Å². The Labute approximate surface area is 265 Å². The van der Waals surface area contributed by atoms with Crippen molar-refractivity contribution in [1.29, 1.82) is 0 Å². The van der Waals surface area contributed by atoms with Gasteiger partial charge < -0.3 is 34.9 Å². The molecule has 0 aliphatic heterocycles. The van der Waals surface area contributed by atoms with Crippen LogP contribution in [0.3, 0.4) is 0 Å². The van der Waals surface area contributed by atoms with Crippen LogP contribution in [0.1, 0.15) is 63.3 Å². The van der Waals surface area contributed by atoms with E-state index in [0.717, 1.165) is 17.5 Å². The SMILES string of the molecule is CCNC(=O)COc1ccc(C(NC(=O)[C@H](CCCc2ccccc2)NC(=O)OC(C)(C)C)c2ccc(OC)cc2OC)cc1. The molecule has 3 aromatic carbocycles. The lowest BCUT2D eigenvalue weighted by atomic mass is 9.96. The van der Waals surface area contributed by atoms with E-state index in [1.165, 1.54) is 0 Å². The first-order chi connectivity index (χ1) is 21.5. The van der Waals surface area contributed by atoms with Gasteiger partial charge in [0, 0.05) is 18.2 Å². The number of hydrogen-bond donors (Lipinski definition) is 3. The number of carbonyl (C=O) groups excluding carboxylic acids is 3. The van der Waals surface area contributed by atoms with Gasteiger partial charge in [0.1, 0.15) is 28.9 Å². The molecule has 1 unspecified atom stereocenters. The standard InChI is InChI=1S/C35H45N3O7/c1-7-36-31(39)23-44-26-18-16-25(17-19-26)32(28-21-20-27(42-5)22-30(28)43-6)38-33(40)29(37-34(41)45-35(2,3)4)15-11-14-24-12-9-8-10-13-24/h8-10,12-13,16-22,29,32H,7,11,14-15,23H2,1-6H3,(H,36,39)(H,37,41)(H,38,40)/t29-,32?/m0/s1. The quantitative estimate of drug-likeness (QED) is 0.210. The number of carbonyl (C=O) groups is 3. The largest absolute Gasteiger partial charge is 0.497 e. The van der Waals surface area contributed by atoms with Crippen LogP contribution in [0.25, 0.3) is 0 Å². The maximum atomic E-state index is 14.0. The number of hydrogen-bond acceptors (Lipinski definition) is 7. The minimum atomic E-state index is -0.866. The Morgan fingerprint density at radius 3 is 2.16 bits per heavy atom. The molecule has 0 fully saturated rings. The fourth-order valence-electron chi connectivity index (χ4n) is 4.67. The molecule has 0 saturated carbocycles. The average Bonchev–Trinajstić information content (AvgIpc) is 3.02. The van der Waals surface area contributed by atoms with E-state index in [2.05, 4.69) is 16.0 Å². The predicted molar refractivity (Wildman–Crippen MR) is 173 cm³/mol. The summed E-state index contributed by atoms with van der Waals surface area (Å²) in [5.74, 6) is 1.01. The minimum absolute atomic E-state index is 0.110. The topological polar surface area (TPSA) is 124 Å². The van der Waals surface area contributed by atoms with E-state index in [1.54, 1.807) is 59.3 Å². The van der Waals surface area contributed by atoms with Gasteiger partial charge in [-0.1, -0.05) is 42.5 Å². The second-order valence-corrected chi connectivity index (χ2v) is 11.4. The highest BCUT2D eigenvalue weighted by Crippen LogP contribution is 2.34. The van der Waals surface area contributed by atoms with Crippen molar-refractivity contribution in [3.05, 3.63) is 89.5 Å². The molecule has 45 heavy (non-hydrogen) atoms. The summed E-state index contributed by atoms with van der Waals surface area (Å²) in [7, 11) is 3.11. The summed E-state index contributed by atoms with van der Waals surface area (Å²) in [5.41, 5.74) is 1.83. The van der Waals surface area contributed by atoms with Crippen molar-refractivity contribution in [2.24, 2.45) is 0 Å². The van der Waals surface area contributed by atoms with Gasteiger partial charge in [-0.15, -0.1) is 0 Å². The van der Waals surface area contributed by atoms with Crippen LogP contribution in [0.2, 0.25) is 0 Å². The summed E-state index contributed by atoms with van der Waals surface area (Å²) < 4.78 is 22.2. The molecule has 3 amide bonds.